The Morgan fingerprint density at radius 3 is 2.27 bits per heavy atom. The summed E-state index contributed by atoms with van der Waals surface area (Å²) in [6, 6.07) is 16.6. The molecular formula is C18H15N7O. The van der Waals surface area contributed by atoms with Gasteiger partial charge in [-0.1, -0.05) is 18.2 Å². The standard InChI is InChI=1S/C18H15N7O/c1-13-17(18(26)24(23-13)15-5-3-2-4-6-15)22-21-14-7-9-16(10-8-14)25-19-11-12-20-25/h2-12,23H,1H3. The van der Waals surface area contributed by atoms with Crippen LogP contribution >= 0.6 is 0 Å². The van der Waals surface area contributed by atoms with Crippen LogP contribution in [0.2, 0.25) is 0 Å². The first kappa shape index (κ1) is 15.7. The molecule has 4 rings (SSSR count). The number of rotatable bonds is 4. The van der Waals surface area contributed by atoms with Crippen molar-refractivity contribution in [3.8, 4) is 11.4 Å². The zero-order valence-electron chi connectivity index (χ0n) is 13.9. The van der Waals surface area contributed by atoms with Crippen LogP contribution in [0, 0.1) is 6.92 Å². The van der Waals surface area contributed by atoms with Crippen molar-refractivity contribution in [3.63, 3.8) is 0 Å². The second-order valence-corrected chi connectivity index (χ2v) is 5.60. The van der Waals surface area contributed by atoms with Gasteiger partial charge in [0.05, 0.1) is 35.1 Å². The smallest absolute Gasteiger partial charge is 0.293 e. The van der Waals surface area contributed by atoms with E-state index in [1.807, 2.05) is 42.5 Å². The number of aromatic nitrogens is 5. The number of aromatic amines is 1. The van der Waals surface area contributed by atoms with Crippen molar-refractivity contribution < 1.29 is 0 Å². The van der Waals surface area contributed by atoms with Gasteiger partial charge in [0.1, 0.15) is 0 Å². The summed E-state index contributed by atoms with van der Waals surface area (Å²) in [4.78, 5) is 14.1. The van der Waals surface area contributed by atoms with Crippen LogP contribution < -0.4 is 5.56 Å². The van der Waals surface area contributed by atoms with Gasteiger partial charge in [0.2, 0.25) is 0 Å². The molecule has 2 heterocycles. The fourth-order valence-electron chi connectivity index (χ4n) is 2.52. The molecule has 2 aromatic heterocycles. The van der Waals surface area contributed by atoms with Gasteiger partial charge in [-0.25, -0.2) is 4.68 Å². The minimum atomic E-state index is -0.241. The average molecular weight is 345 g/mol. The molecule has 8 heteroatoms. The summed E-state index contributed by atoms with van der Waals surface area (Å²) >= 11 is 0. The average Bonchev–Trinajstić information content (AvgIpc) is 3.30. The Morgan fingerprint density at radius 2 is 1.58 bits per heavy atom. The lowest BCUT2D eigenvalue weighted by Gasteiger charge is -1.99. The Morgan fingerprint density at radius 1 is 0.885 bits per heavy atom. The van der Waals surface area contributed by atoms with Gasteiger partial charge < -0.3 is 0 Å². The highest BCUT2D eigenvalue weighted by atomic mass is 16.1. The number of aryl methyl sites for hydroxylation is 1. The van der Waals surface area contributed by atoms with Crippen molar-refractivity contribution in [2.24, 2.45) is 10.2 Å². The van der Waals surface area contributed by atoms with Crippen LogP contribution in [0.3, 0.4) is 0 Å². The van der Waals surface area contributed by atoms with Gasteiger partial charge in [-0.2, -0.15) is 20.1 Å². The summed E-state index contributed by atoms with van der Waals surface area (Å²) in [6.07, 6.45) is 3.22. The van der Waals surface area contributed by atoms with Crippen LogP contribution in [0.5, 0.6) is 0 Å². The van der Waals surface area contributed by atoms with Crippen LogP contribution in [0.1, 0.15) is 5.69 Å². The van der Waals surface area contributed by atoms with Crippen LogP contribution in [-0.4, -0.2) is 24.8 Å². The van der Waals surface area contributed by atoms with E-state index in [-0.39, 0.29) is 11.2 Å². The number of hydrogen-bond acceptors (Lipinski definition) is 5. The summed E-state index contributed by atoms with van der Waals surface area (Å²) < 4.78 is 1.45. The molecule has 2 aromatic carbocycles. The molecule has 8 nitrogen and oxygen atoms in total. The third-order valence-electron chi connectivity index (χ3n) is 3.82. The molecular weight excluding hydrogens is 330 g/mol. The van der Waals surface area contributed by atoms with Gasteiger partial charge in [0, 0.05) is 0 Å². The maximum atomic E-state index is 12.6. The highest BCUT2D eigenvalue weighted by Gasteiger charge is 2.11. The van der Waals surface area contributed by atoms with Gasteiger partial charge in [0.25, 0.3) is 5.56 Å². The first-order chi connectivity index (χ1) is 12.7. The molecule has 0 atom stereocenters. The molecule has 4 aromatic rings. The second kappa shape index (κ2) is 6.60. The molecule has 0 aliphatic rings. The Hall–Kier alpha value is -3.81. The van der Waals surface area contributed by atoms with Gasteiger partial charge >= 0.3 is 0 Å². The number of para-hydroxylation sites is 1. The van der Waals surface area contributed by atoms with Crippen molar-refractivity contribution in [1.82, 2.24) is 24.8 Å². The van der Waals surface area contributed by atoms with Gasteiger partial charge in [0.15, 0.2) is 5.69 Å². The fourth-order valence-corrected chi connectivity index (χ4v) is 2.52. The molecule has 128 valence electrons. The molecule has 0 aliphatic heterocycles. The lowest BCUT2D eigenvalue weighted by Crippen LogP contribution is -2.13. The van der Waals surface area contributed by atoms with Crippen molar-refractivity contribution >= 4 is 11.4 Å². The van der Waals surface area contributed by atoms with E-state index in [2.05, 4.69) is 25.5 Å². The summed E-state index contributed by atoms with van der Waals surface area (Å²) in [5.41, 5.74) is 2.89. The van der Waals surface area contributed by atoms with Gasteiger partial charge in [-0.3, -0.25) is 9.89 Å². The number of nitrogens with one attached hydrogen (secondary N) is 1. The summed E-state index contributed by atoms with van der Waals surface area (Å²) in [5.74, 6) is 0. The third kappa shape index (κ3) is 2.95. The highest BCUT2D eigenvalue weighted by molar-refractivity contribution is 5.46. The fraction of sp³-hybridized carbons (Fsp3) is 0.0556. The molecule has 0 unspecified atom stereocenters. The highest BCUT2D eigenvalue weighted by Crippen LogP contribution is 2.20. The normalized spacial score (nSPS) is 11.3. The van der Waals surface area contributed by atoms with Gasteiger partial charge in [-0.05, 0) is 43.3 Å². The number of H-pyrrole nitrogens is 1. The van der Waals surface area contributed by atoms with E-state index in [1.54, 1.807) is 31.5 Å². The summed E-state index contributed by atoms with van der Waals surface area (Å²) in [6.45, 7) is 1.79. The predicted octanol–water partition coefficient (Wildman–Crippen LogP) is 3.47. The zero-order valence-corrected chi connectivity index (χ0v) is 13.9. The van der Waals surface area contributed by atoms with E-state index >= 15 is 0 Å². The van der Waals surface area contributed by atoms with Crippen LogP contribution in [-0.2, 0) is 0 Å². The number of hydrogen-bond donors (Lipinski definition) is 1. The second-order valence-electron chi connectivity index (χ2n) is 5.60. The molecule has 0 spiro atoms. The lowest BCUT2D eigenvalue weighted by molar-refractivity contribution is 0.752. The first-order valence-corrected chi connectivity index (χ1v) is 7.98. The molecule has 0 amide bonds. The maximum absolute atomic E-state index is 12.6. The maximum Gasteiger partial charge on any atom is 0.299 e. The molecule has 26 heavy (non-hydrogen) atoms. The van der Waals surface area contributed by atoms with Crippen LogP contribution in [0.15, 0.2) is 82.0 Å². The van der Waals surface area contributed by atoms with Crippen LogP contribution in [0.4, 0.5) is 11.4 Å². The molecule has 0 bridgehead atoms. The topological polar surface area (TPSA) is 93.2 Å². The largest absolute Gasteiger partial charge is 0.299 e. The van der Waals surface area contributed by atoms with Crippen molar-refractivity contribution in [3.05, 3.63) is 83.0 Å². The first-order valence-electron chi connectivity index (χ1n) is 7.98. The summed E-state index contributed by atoms with van der Waals surface area (Å²) in [7, 11) is 0. The van der Waals surface area contributed by atoms with E-state index in [0.29, 0.717) is 11.4 Å². The minimum absolute atomic E-state index is 0.241. The van der Waals surface area contributed by atoms with E-state index in [1.165, 1.54) is 9.48 Å². The number of azo groups is 1. The van der Waals surface area contributed by atoms with Crippen molar-refractivity contribution in [2.75, 3.05) is 0 Å². The van der Waals surface area contributed by atoms with Crippen molar-refractivity contribution in [2.45, 2.75) is 6.92 Å². The lowest BCUT2D eigenvalue weighted by atomic mass is 10.3. The monoisotopic (exact) mass is 345 g/mol. The quantitative estimate of drug-likeness (QED) is 0.574. The van der Waals surface area contributed by atoms with E-state index < -0.39 is 0 Å². The van der Waals surface area contributed by atoms with Gasteiger partial charge in [-0.15, -0.1) is 5.11 Å². The molecule has 0 saturated heterocycles. The Bertz CT molecular complexity index is 1090. The Kier molecular flexibility index (Phi) is 3.98. The molecule has 0 aliphatic carbocycles. The van der Waals surface area contributed by atoms with Crippen molar-refractivity contribution in [1.29, 1.82) is 0 Å². The van der Waals surface area contributed by atoms with Crippen LogP contribution in [0.25, 0.3) is 11.4 Å². The van der Waals surface area contributed by atoms with E-state index in [9.17, 15) is 4.79 Å². The minimum Gasteiger partial charge on any atom is -0.293 e. The molecule has 0 saturated carbocycles. The van der Waals surface area contributed by atoms with E-state index in [0.717, 1.165) is 11.4 Å². The zero-order chi connectivity index (χ0) is 17.9. The van der Waals surface area contributed by atoms with E-state index in [4.69, 9.17) is 0 Å². The number of nitrogens with zero attached hydrogens (tertiary/aromatic N) is 6. The predicted molar refractivity (Wildman–Crippen MR) is 96.7 cm³/mol. The summed E-state index contributed by atoms with van der Waals surface area (Å²) in [5, 5.41) is 19.5. The molecule has 1 N–H and O–H groups in total. The Labute approximate surface area is 148 Å². The molecule has 0 fully saturated rings. The number of benzene rings is 2. The SMILES string of the molecule is Cc1[nH]n(-c2ccccc2)c(=O)c1N=Nc1ccc(-n2nccn2)cc1. The molecule has 0 radical (unpaired) electrons. The third-order valence-corrected chi connectivity index (χ3v) is 3.82. The Balaban J connectivity index is 1.61.